The third-order valence-corrected chi connectivity index (χ3v) is 6.00. The Bertz CT molecular complexity index is 844. The topological polar surface area (TPSA) is 313 Å². The van der Waals surface area contributed by atoms with Gasteiger partial charge in [-0.25, -0.2) is 0 Å². The second kappa shape index (κ2) is 18.4. The molecule has 0 fully saturated rings. The summed E-state index contributed by atoms with van der Waals surface area (Å²) in [5.74, 6) is -5.28. The second-order valence-corrected chi connectivity index (χ2v) is 9.04. The first kappa shape index (κ1) is 36.1. The Morgan fingerprint density at radius 1 is 0.949 bits per heavy atom. The molecule has 224 valence electrons. The zero-order valence-corrected chi connectivity index (χ0v) is 22.5. The SMILES string of the molecule is CC[C@H](C)C(N)C(=O)C(NC(=O)C(NC(=O)C(NC)C(=O)[C@@H](N)CCCNC(N)N)N[C@H](C=O)CO)C(N)=O. The highest BCUT2D eigenvalue weighted by molar-refractivity contribution is 6.11. The summed E-state index contributed by atoms with van der Waals surface area (Å²) in [7, 11) is 1.31. The first-order valence-corrected chi connectivity index (χ1v) is 12.5. The Kier molecular flexibility index (Phi) is 17.0. The van der Waals surface area contributed by atoms with Crippen molar-refractivity contribution in [1.29, 1.82) is 0 Å². The third kappa shape index (κ3) is 12.2. The lowest BCUT2D eigenvalue weighted by molar-refractivity contribution is -0.138. The summed E-state index contributed by atoms with van der Waals surface area (Å²) in [6.07, 6.45) is -1.16. The van der Waals surface area contributed by atoms with E-state index in [1.165, 1.54) is 7.05 Å². The molecule has 0 aliphatic rings. The number of carbonyl (C=O) groups is 6. The van der Waals surface area contributed by atoms with Crippen molar-refractivity contribution in [3.8, 4) is 0 Å². The van der Waals surface area contributed by atoms with Gasteiger partial charge in [-0.2, -0.15) is 0 Å². The van der Waals surface area contributed by atoms with Gasteiger partial charge in [-0.3, -0.25) is 34.6 Å². The summed E-state index contributed by atoms with van der Waals surface area (Å²) < 4.78 is 0. The van der Waals surface area contributed by atoms with E-state index in [9.17, 15) is 33.9 Å². The van der Waals surface area contributed by atoms with E-state index in [0.717, 1.165) is 0 Å². The highest BCUT2D eigenvalue weighted by atomic mass is 16.3. The molecule has 0 spiro atoms. The Balaban J connectivity index is 5.74. The summed E-state index contributed by atoms with van der Waals surface area (Å²) >= 11 is 0. The van der Waals surface area contributed by atoms with Crippen LogP contribution >= 0.6 is 0 Å². The van der Waals surface area contributed by atoms with Crippen LogP contribution in [0.4, 0.5) is 0 Å². The molecule has 0 saturated carbocycles. The number of likely N-dealkylation sites (N-methyl/N-ethyl adjacent to an activating group) is 1. The van der Waals surface area contributed by atoms with Gasteiger partial charge in [0.05, 0.1) is 24.7 Å². The van der Waals surface area contributed by atoms with E-state index in [4.69, 9.17) is 28.7 Å². The lowest BCUT2D eigenvalue weighted by Gasteiger charge is -2.27. The molecule has 0 heterocycles. The van der Waals surface area contributed by atoms with E-state index in [-0.39, 0.29) is 18.6 Å². The van der Waals surface area contributed by atoms with Crippen molar-refractivity contribution in [3.63, 3.8) is 0 Å². The molecule has 0 rings (SSSR count). The van der Waals surface area contributed by atoms with Gasteiger partial charge in [0.15, 0.2) is 23.8 Å². The van der Waals surface area contributed by atoms with Gasteiger partial charge < -0.3 is 54.5 Å². The fourth-order valence-corrected chi connectivity index (χ4v) is 3.34. The summed E-state index contributed by atoms with van der Waals surface area (Å²) in [6, 6.07) is -6.89. The minimum atomic E-state index is -1.85. The predicted octanol–water partition coefficient (Wildman–Crippen LogP) is -6.45. The standard InChI is InChI=1S/C22H44N10O7/c1-4-10(2)13(24)17(36)14(18(25)37)31-21(39)19(30-11(8-33)9-34)32-20(38)15(28-3)16(35)12(23)6-5-7-29-22(26)27/h8,10-15,19,22,28-30,34H,4-7,9,23-24,26-27H2,1-3H3,(H2,25,37)(H,31,39)(H,32,38)/t10-,11+,12-,13?,14?,15?,19?/m0/s1. The van der Waals surface area contributed by atoms with Crippen LogP contribution in [-0.4, -0.2) is 104 Å². The van der Waals surface area contributed by atoms with Crippen LogP contribution in [0.15, 0.2) is 0 Å². The molecule has 0 saturated heterocycles. The largest absolute Gasteiger partial charge is 0.394 e. The first-order valence-electron chi connectivity index (χ1n) is 12.5. The molecule has 0 radical (unpaired) electrons. The van der Waals surface area contributed by atoms with Crippen molar-refractivity contribution in [2.45, 2.75) is 75.8 Å². The van der Waals surface area contributed by atoms with Gasteiger partial charge in [-0.15, -0.1) is 0 Å². The molecule has 16 N–H and O–H groups in total. The molecule has 17 nitrogen and oxygen atoms in total. The minimum absolute atomic E-state index is 0.183. The highest BCUT2D eigenvalue weighted by Crippen LogP contribution is 2.08. The quantitative estimate of drug-likeness (QED) is 0.0269. The molecule has 39 heavy (non-hydrogen) atoms. The van der Waals surface area contributed by atoms with E-state index in [1.807, 2.05) is 0 Å². The van der Waals surface area contributed by atoms with Crippen LogP contribution in [0.2, 0.25) is 0 Å². The van der Waals surface area contributed by atoms with Gasteiger partial charge in [0.25, 0.3) is 5.91 Å². The molecule has 0 aromatic rings. The van der Waals surface area contributed by atoms with Crippen molar-refractivity contribution in [2.24, 2.45) is 34.6 Å². The molecule has 0 aromatic heterocycles. The zero-order chi connectivity index (χ0) is 30.3. The van der Waals surface area contributed by atoms with E-state index in [1.54, 1.807) is 13.8 Å². The smallest absolute Gasteiger partial charge is 0.258 e. The molecule has 0 bridgehead atoms. The number of aliphatic hydroxyl groups excluding tert-OH is 1. The Labute approximate surface area is 227 Å². The summed E-state index contributed by atoms with van der Waals surface area (Å²) in [5, 5.41) is 21.3. The lowest BCUT2D eigenvalue weighted by Crippen LogP contribution is -2.66. The number of hydrogen-bond donors (Lipinski definition) is 11. The number of Topliss-reactive ketones (excluding diaryl/α,β-unsaturated/α-hetero) is 2. The van der Waals surface area contributed by atoms with Crippen LogP contribution in [0.1, 0.15) is 33.1 Å². The predicted molar refractivity (Wildman–Crippen MR) is 141 cm³/mol. The van der Waals surface area contributed by atoms with Crippen LogP contribution in [-0.2, 0) is 28.8 Å². The summed E-state index contributed by atoms with van der Waals surface area (Å²) in [5.41, 5.74) is 27.9. The van der Waals surface area contributed by atoms with Gasteiger partial charge in [0, 0.05) is 0 Å². The van der Waals surface area contributed by atoms with Gasteiger partial charge >= 0.3 is 0 Å². The van der Waals surface area contributed by atoms with Crippen LogP contribution in [0.5, 0.6) is 0 Å². The van der Waals surface area contributed by atoms with E-state index >= 15 is 0 Å². The molecule has 4 unspecified atom stereocenters. The normalized spacial score (nSPS) is 16.7. The number of hydrogen-bond acceptors (Lipinski definition) is 14. The number of amides is 3. The number of aldehydes is 1. The fraction of sp³-hybridized carbons (Fsp3) is 0.727. The molecule has 0 aromatic carbocycles. The number of nitrogens with one attached hydrogen (secondary N) is 5. The van der Waals surface area contributed by atoms with Gasteiger partial charge in [-0.1, -0.05) is 20.3 Å². The van der Waals surface area contributed by atoms with Crippen LogP contribution in [0.3, 0.4) is 0 Å². The van der Waals surface area contributed by atoms with Crippen LogP contribution in [0.25, 0.3) is 0 Å². The van der Waals surface area contributed by atoms with Crippen molar-refractivity contribution in [2.75, 3.05) is 20.2 Å². The van der Waals surface area contributed by atoms with Crippen molar-refractivity contribution < 1.29 is 33.9 Å². The highest BCUT2D eigenvalue weighted by Gasteiger charge is 2.37. The fourth-order valence-electron chi connectivity index (χ4n) is 3.34. The number of nitrogens with two attached hydrogens (primary N) is 5. The van der Waals surface area contributed by atoms with Crippen LogP contribution in [0, 0.1) is 5.92 Å². The Morgan fingerprint density at radius 3 is 2.03 bits per heavy atom. The molecule has 3 amide bonds. The van der Waals surface area contributed by atoms with E-state index in [0.29, 0.717) is 19.4 Å². The maximum atomic E-state index is 13.0. The maximum Gasteiger partial charge on any atom is 0.258 e. The molecule has 0 aliphatic carbocycles. The van der Waals surface area contributed by atoms with Crippen LogP contribution < -0.4 is 55.3 Å². The minimum Gasteiger partial charge on any atom is -0.394 e. The summed E-state index contributed by atoms with van der Waals surface area (Å²) in [6.45, 7) is 3.06. The molecular formula is C22H44N10O7. The van der Waals surface area contributed by atoms with Crippen molar-refractivity contribution >= 4 is 35.6 Å². The molecule has 0 aliphatic heterocycles. The zero-order valence-electron chi connectivity index (χ0n) is 22.5. The van der Waals surface area contributed by atoms with Gasteiger partial charge in [0.1, 0.15) is 18.6 Å². The maximum absolute atomic E-state index is 13.0. The monoisotopic (exact) mass is 560 g/mol. The number of aliphatic hydroxyl groups is 1. The average molecular weight is 561 g/mol. The first-order chi connectivity index (χ1) is 18.2. The molecule has 7 atom stereocenters. The van der Waals surface area contributed by atoms with Gasteiger partial charge in [-0.05, 0) is 32.4 Å². The Morgan fingerprint density at radius 2 is 1.56 bits per heavy atom. The molecular weight excluding hydrogens is 516 g/mol. The third-order valence-electron chi connectivity index (χ3n) is 6.00. The second-order valence-electron chi connectivity index (χ2n) is 9.04. The van der Waals surface area contributed by atoms with E-state index in [2.05, 4.69) is 26.6 Å². The van der Waals surface area contributed by atoms with Crippen molar-refractivity contribution in [1.82, 2.24) is 26.6 Å². The lowest BCUT2D eigenvalue weighted by atomic mass is 9.92. The number of primary amides is 1. The Hall–Kier alpha value is -2.90. The number of rotatable bonds is 21. The van der Waals surface area contributed by atoms with Crippen molar-refractivity contribution in [3.05, 3.63) is 0 Å². The van der Waals surface area contributed by atoms with E-state index < -0.39 is 78.6 Å². The summed E-state index contributed by atoms with van der Waals surface area (Å²) in [4.78, 5) is 74.7. The average Bonchev–Trinajstić information content (AvgIpc) is 2.90. The van der Waals surface area contributed by atoms with Gasteiger partial charge in [0.2, 0.25) is 11.8 Å². The number of ketones is 2. The number of carbonyl (C=O) groups excluding carboxylic acids is 6. The molecule has 17 heteroatoms.